The first-order valence-electron chi connectivity index (χ1n) is 6.53. The lowest BCUT2D eigenvalue weighted by molar-refractivity contribution is 0.414. The van der Waals surface area contributed by atoms with Crippen LogP contribution in [0.15, 0.2) is 41.8 Å². The molecule has 0 saturated carbocycles. The van der Waals surface area contributed by atoms with Crippen LogP contribution in [-0.2, 0) is 12.8 Å². The molecule has 2 aromatic rings. The van der Waals surface area contributed by atoms with Crippen molar-refractivity contribution in [2.24, 2.45) is 5.92 Å². The average Bonchev–Trinajstić information content (AvgIpc) is 2.97. The van der Waals surface area contributed by atoms with E-state index < -0.39 is 0 Å². The van der Waals surface area contributed by atoms with E-state index >= 15 is 0 Å². The van der Waals surface area contributed by atoms with E-state index in [0.29, 0.717) is 5.92 Å². The number of methoxy groups -OCH3 is 1. The van der Waals surface area contributed by atoms with Gasteiger partial charge in [0.1, 0.15) is 5.75 Å². The molecule has 1 atom stereocenters. The third kappa shape index (κ3) is 4.66. The van der Waals surface area contributed by atoms with Crippen LogP contribution in [0.3, 0.4) is 0 Å². The van der Waals surface area contributed by atoms with E-state index in [1.54, 1.807) is 7.11 Å². The molecule has 1 heterocycles. The average molecular weight is 339 g/mol. The SMILES string of the molecule is COc1ccc(CC(CBr)CCc2cccs2)cc1. The number of aryl methyl sites for hydroxylation is 1. The minimum absolute atomic E-state index is 0.690. The molecule has 19 heavy (non-hydrogen) atoms. The minimum Gasteiger partial charge on any atom is -0.497 e. The molecule has 0 radical (unpaired) electrons. The van der Waals surface area contributed by atoms with Crippen molar-refractivity contribution >= 4 is 27.3 Å². The van der Waals surface area contributed by atoms with Crippen molar-refractivity contribution in [3.63, 3.8) is 0 Å². The predicted molar refractivity (Wildman–Crippen MR) is 86.6 cm³/mol. The summed E-state index contributed by atoms with van der Waals surface area (Å²) in [5.41, 5.74) is 1.39. The maximum atomic E-state index is 5.19. The first-order chi connectivity index (χ1) is 9.31. The smallest absolute Gasteiger partial charge is 0.118 e. The van der Waals surface area contributed by atoms with Gasteiger partial charge in [0.25, 0.3) is 0 Å². The monoisotopic (exact) mass is 338 g/mol. The molecular formula is C16H19BrOS. The highest BCUT2D eigenvalue weighted by atomic mass is 79.9. The highest BCUT2D eigenvalue weighted by molar-refractivity contribution is 9.09. The van der Waals surface area contributed by atoms with E-state index in [1.165, 1.54) is 23.3 Å². The Labute approximate surface area is 127 Å². The van der Waals surface area contributed by atoms with Crippen LogP contribution in [-0.4, -0.2) is 12.4 Å². The van der Waals surface area contributed by atoms with Crippen LogP contribution in [0.2, 0.25) is 0 Å². The van der Waals surface area contributed by atoms with Gasteiger partial charge in [0.05, 0.1) is 7.11 Å². The van der Waals surface area contributed by atoms with Crippen LogP contribution < -0.4 is 4.74 Å². The molecule has 0 aliphatic rings. The largest absolute Gasteiger partial charge is 0.497 e. The number of benzene rings is 1. The van der Waals surface area contributed by atoms with Crippen molar-refractivity contribution in [3.8, 4) is 5.75 Å². The van der Waals surface area contributed by atoms with Gasteiger partial charge in [0.15, 0.2) is 0 Å². The normalized spacial score (nSPS) is 12.3. The molecule has 0 fully saturated rings. The number of halogens is 1. The van der Waals surface area contributed by atoms with Gasteiger partial charge < -0.3 is 4.74 Å². The lowest BCUT2D eigenvalue weighted by Gasteiger charge is -2.13. The fourth-order valence-corrected chi connectivity index (χ4v) is 3.41. The Morgan fingerprint density at radius 1 is 1.21 bits per heavy atom. The van der Waals surface area contributed by atoms with Crippen molar-refractivity contribution in [2.45, 2.75) is 19.3 Å². The summed E-state index contributed by atoms with van der Waals surface area (Å²) in [5, 5.41) is 3.21. The van der Waals surface area contributed by atoms with Crippen LogP contribution in [0.4, 0.5) is 0 Å². The fourth-order valence-electron chi connectivity index (χ4n) is 2.13. The van der Waals surface area contributed by atoms with Gasteiger partial charge >= 0.3 is 0 Å². The van der Waals surface area contributed by atoms with E-state index in [4.69, 9.17) is 4.74 Å². The van der Waals surface area contributed by atoms with Crippen LogP contribution in [0.25, 0.3) is 0 Å². The zero-order valence-corrected chi connectivity index (χ0v) is 13.5. The van der Waals surface area contributed by atoms with Gasteiger partial charge in [0, 0.05) is 10.2 Å². The van der Waals surface area contributed by atoms with E-state index in [1.807, 2.05) is 23.5 Å². The Hall–Kier alpha value is -0.800. The van der Waals surface area contributed by atoms with Crippen LogP contribution >= 0.6 is 27.3 Å². The number of hydrogen-bond donors (Lipinski definition) is 0. The summed E-state index contributed by atoms with van der Waals surface area (Å²) in [6.45, 7) is 0. The Balaban J connectivity index is 1.87. The van der Waals surface area contributed by atoms with E-state index in [-0.39, 0.29) is 0 Å². The lowest BCUT2D eigenvalue weighted by atomic mass is 9.96. The van der Waals surface area contributed by atoms with Crippen molar-refractivity contribution in [1.82, 2.24) is 0 Å². The summed E-state index contributed by atoms with van der Waals surface area (Å²) >= 11 is 5.50. The number of ether oxygens (including phenoxy) is 1. The number of thiophene rings is 1. The summed E-state index contributed by atoms with van der Waals surface area (Å²) in [6.07, 6.45) is 3.54. The van der Waals surface area contributed by atoms with Crippen molar-refractivity contribution in [1.29, 1.82) is 0 Å². The lowest BCUT2D eigenvalue weighted by Crippen LogP contribution is -2.07. The number of rotatable bonds is 7. The van der Waals surface area contributed by atoms with Gasteiger partial charge in [0.2, 0.25) is 0 Å². The van der Waals surface area contributed by atoms with E-state index in [2.05, 4.69) is 45.6 Å². The second kappa shape index (κ2) is 7.71. The van der Waals surface area contributed by atoms with E-state index in [0.717, 1.165) is 17.5 Å². The van der Waals surface area contributed by atoms with Gasteiger partial charge in [-0.1, -0.05) is 34.1 Å². The molecule has 1 aromatic heterocycles. The Morgan fingerprint density at radius 2 is 2.00 bits per heavy atom. The first-order valence-corrected chi connectivity index (χ1v) is 8.53. The van der Waals surface area contributed by atoms with Crippen LogP contribution in [0.5, 0.6) is 5.75 Å². The zero-order chi connectivity index (χ0) is 13.5. The molecule has 0 aliphatic carbocycles. The van der Waals surface area contributed by atoms with Gasteiger partial charge in [-0.15, -0.1) is 11.3 Å². The third-order valence-electron chi connectivity index (χ3n) is 3.28. The molecule has 102 valence electrons. The molecule has 1 unspecified atom stereocenters. The molecule has 0 aliphatic heterocycles. The molecule has 0 spiro atoms. The first kappa shape index (κ1) is 14.6. The number of hydrogen-bond acceptors (Lipinski definition) is 2. The molecule has 0 saturated heterocycles. The second-order valence-corrected chi connectivity index (χ2v) is 6.37. The van der Waals surface area contributed by atoms with Crippen LogP contribution in [0, 0.1) is 5.92 Å². The van der Waals surface area contributed by atoms with Crippen molar-refractivity contribution in [2.75, 3.05) is 12.4 Å². The Kier molecular flexibility index (Phi) is 5.93. The third-order valence-corrected chi connectivity index (χ3v) is 5.13. The minimum atomic E-state index is 0.690. The summed E-state index contributed by atoms with van der Waals surface area (Å²) in [5.74, 6) is 1.62. The van der Waals surface area contributed by atoms with Gasteiger partial charge in [-0.3, -0.25) is 0 Å². The number of alkyl halides is 1. The Morgan fingerprint density at radius 3 is 2.58 bits per heavy atom. The molecule has 2 rings (SSSR count). The van der Waals surface area contributed by atoms with Crippen molar-refractivity contribution in [3.05, 3.63) is 52.2 Å². The molecule has 1 nitrogen and oxygen atoms in total. The van der Waals surface area contributed by atoms with Crippen molar-refractivity contribution < 1.29 is 4.74 Å². The highest BCUT2D eigenvalue weighted by Crippen LogP contribution is 2.21. The molecule has 1 aromatic carbocycles. The molecule has 0 bridgehead atoms. The van der Waals surface area contributed by atoms with E-state index in [9.17, 15) is 0 Å². The standard InChI is InChI=1S/C16H19BrOS/c1-18-15-7-4-13(5-8-15)11-14(12-17)6-9-16-3-2-10-19-16/h2-5,7-8,10,14H,6,9,11-12H2,1H3. The zero-order valence-electron chi connectivity index (χ0n) is 11.1. The molecule has 0 N–H and O–H groups in total. The molecule has 3 heteroatoms. The summed E-state index contributed by atoms with van der Waals surface area (Å²) in [6, 6.07) is 12.8. The Bertz CT molecular complexity index is 464. The highest BCUT2D eigenvalue weighted by Gasteiger charge is 2.09. The summed E-state index contributed by atoms with van der Waals surface area (Å²) in [4.78, 5) is 1.49. The van der Waals surface area contributed by atoms with Gasteiger partial charge in [-0.25, -0.2) is 0 Å². The van der Waals surface area contributed by atoms with Gasteiger partial charge in [-0.2, -0.15) is 0 Å². The summed E-state index contributed by atoms with van der Waals surface area (Å²) in [7, 11) is 1.71. The second-order valence-electron chi connectivity index (χ2n) is 4.69. The predicted octanol–water partition coefficient (Wildman–Crippen LogP) is 4.94. The summed E-state index contributed by atoms with van der Waals surface area (Å²) < 4.78 is 5.19. The van der Waals surface area contributed by atoms with Crippen LogP contribution in [0.1, 0.15) is 16.9 Å². The molecular weight excluding hydrogens is 320 g/mol. The van der Waals surface area contributed by atoms with Gasteiger partial charge in [-0.05, 0) is 54.3 Å². The molecule has 0 amide bonds. The topological polar surface area (TPSA) is 9.23 Å². The maximum Gasteiger partial charge on any atom is 0.118 e. The quantitative estimate of drug-likeness (QED) is 0.649. The fraction of sp³-hybridized carbons (Fsp3) is 0.375. The maximum absolute atomic E-state index is 5.19.